The lowest BCUT2D eigenvalue weighted by Crippen LogP contribution is -2.35. The minimum Gasteiger partial charge on any atom is -0.397 e. The molecule has 0 saturated carbocycles. The maximum absolute atomic E-state index is 12.7. The van der Waals surface area contributed by atoms with E-state index < -0.39 is 0 Å². The molecule has 110 valence electrons. The normalized spacial score (nSPS) is 10.4. The summed E-state index contributed by atoms with van der Waals surface area (Å²) in [5, 5.41) is 0. The van der Waals surface area contributed by atoms with Crippen LogP contribution in [0.3, 0.4) is 0 Å². The number of nitrogens with one attached hydrogen (secondary N) is 1. The summed E-state index contributed by atoms with van der Waals surface area (Å²) in [7, 11) is 0. The number of rotatable bonds is 4. The second-order valence-corrected chi connectivity index (χ2v) is 4.91. The Labute approximate surface area is 123 Å². The molecule has 0 unspecified atom stereocenters. The smallest absolute Gasteiger partial charge is 0.263 e. The zero-order chi connectivity index (χ0) is 15.4. The number of aromatic amines is 1. The van der Waals surface area contributed by atoms with Crippen molar-refractivity contribution in [1.82, 2.24) is 4.98 Å². The van der Waals surface area contributed by atoms with E-state index in [1.807, 2.05) is 19.1 Å². The van der Waals surface area contributed by atoms with Crippen LogP contribution in [-0.4, -0.2) is 17.4 Å². The molecule has 2 rings (SSSR count). The number of aromatic nitrogens is 1. The van der Waals surface area contributed by atoms with E-state index in [9.17, 15) is 9.59 Å². The fraction of sp³-hybridized carbons (Fsp3) is 0.250. The first-order valence-corrected chi connectivity index (χ1v) is 6.90. The van der Waals surface area contributed by atoms with E-state index in [0.717, 1.165) is 12.1 Å². The summed E-state index contributed by atoms with van der Waals surface area (Å²) in [5.74, 6) is -0.337. The van der Waals surface area contributed by atoms with Crippen molar-refractivity contribution >= 4 is 17.3 Å². The SMILES string of the molecule is CCCN(C(=O)c1c[nH]c(C)cc1=O)c1ccccc1N. The first kappa shape index (κ1) is 14.8. The highest BCUT2D eigenvalue weighted by atomic mass is 16.2. The molecule has 0 aliphatic carbocycles. The molecule has 5 nitrogen and oxygen atoms in total. The molecule has 1 aromatic carbocycles. The number of aryl methyl sites for hydroxylation is 1. The molecular weight excluding hydrogens is 266 g/mol. The molecule has 21 heavy (non-hydrogen) atoms. The summed E-state index contributed by atoms with van der Waals surface area (Å²) >= 11 is 0. The van der Waals surface area contributed by atoms with E-state index in [0.29, 0.717) is 17.9 Å². The van der Waals surface area contributed by atoms with Gasteiger partial charge in [-0.2, -0.15) is 0 Å². The zero-order valence-electron chi connectivity index (χ0n) is 12.2. The Morgan fingerprint density at radius 1 is 1.33 bits per heavy atom. The molecule has 0 spiro atoms. The van der Waals surface area contributed by atoms with Crippen LogP contribution < -0.4 is 16.1 Å². The summed E-state index contributed by atoms with van der Waals surface area (Å²) in [5.41, 5.74) is 7.65. The van der Waals surface area contributed by atoms with Gasteiger partial charge < -0.3 is 15.6 Å². The van der Waals surface area contributed by atoms with Crippen LogP contribution in [0.25, 0.3) is 0 Å². The summed E-state index contributed by atoms with van der Waals surface area (Å²) < 4.78 is 0. The lowest BCUT2D eigenvalue weighted by atomic mass is 10.1. The third kappa shape index (κ3) is 3.13. The number of hydrogen-bond acceptors (Lipinski definition) is 3. The number of nitrogens with two attached hydrogens (primary N) is 1. The minimum atomic E-state index is -0.337. The monoisotopic (exact) mass is 285 g/mol. The van der Waals surface area contributed by atoms with Crippen LogP contribution in [0, 0.1) is 6.92 Å². The van der Waals surface area contributed by atoms with Crippen LogP contribution in [-0.2, 0) is 0 Å². The molecule has 2 aromatic rings. The number of amides is 1. The molecule has 1 amide bonds. The highest BCUT2D eigenvalue weighted by Gasteiger charge is 2.21. The number of nitrogen functional groups attached to an aromatic ring is 1. The highest BCUT2D eigenvalue weighted by Crippen LogP contribution is 2.24. The van der Waals surface area contributed by atoms with Gasteiger partial charge in [0.05, 0.1) is 11.4 Å². The van der Waals surface area contributed by atoms with E-state index >= 15 is 0 Å². The van der Waals surface area contributed by atoms with Crippen LogP contribution in [0.5, 0.6) is 0 Å². The van der Waals surface area contributed by atoms with E-state index in [-0.39, 0.29) is 16.9 Å². The molecule has 1 heterocycles. The number of carbonyl (C=O) groups is 1. The van der Waals surface area contributed by atoms with Crippen molar-refractivity contribution in [3.05, 3.63) is 58.0 Å². The molecule has 0 bridgehead atoms. The van der Waals surface area contributed by atoms with Gasteiger partial charge in [-0.25, -0.2) is 0 Å². The van der Waals surface area contributed by atoms with E-state index in [2.05, 4.69) is 4.98 Å². The molecular formula is C16H19N3O2. The number of benzene rings is 1. The number of H-pyrrole nitrogens is 1. The minimum absolute atomic E-state index is 0.123. The lowest BCUT2D eigenvalue weighted by molar-refractivity contribution is 0.0985. The molecule has 0 atom stereocenters. The van der Waals surface area contributed by atoms with E-state index in [4.69, 9.17) is 5.73 Å². The van der Waals surface area contributed by atoms with Crippen LogP contribution in [0.2, 0.25) is 0 Å². The van der Waals surface area contributed by atoms with Crippen LogP contribution >= 0.6 is 0 Å². The third-order valence-electron chi connectivity index (χ3n) is 3.21. The number of anilines is 2. The Kier molecular flexibility index (Phi) is 4.42. The maximum Gasteiger partial charge on any atom is 0.263 e. The van der Waals surface area contributed by atoms with Gasteiger partial charge in [-0.1, -0.05) is 19.1 Å². The van der Waals surface area contributed by atoms with Crippen molar-refractivity contribution < 1.29 is 4.79 Å². The molecule has 5 heteroatoms. The van der Waals surface area contributed by atoms with Gasteiger partial charge in [0.15, 0.2) is 5.43 Å². The van der Waals surface area contributed by atoms with Gasteiger partial charge in [-0.15, -0.1) is 0 Å². The standard InChI is InChI=1S/C16H19N3O2/c1-3-8-19(14-7-5-4-6-13(14)17)16(21)12-10-18-11(2)9-15(12)20/h4-7,9-10H,3,8,17H2,1-2H3,(H,18,20). The first-order valence-electron chi connectivity index (χ1n) is 6.90. The lowest BCUT2D eigenvalue weighted by Gasteiger charge is -2.23. The predicted octanol–water partition coefficient (Wildman–Crippen LogP) is 2.32. The summed E-state index contributed by atoms with van der Waals surface area (Å²) in [4.78, 5) is 29.1. The number of para-hydroxylation sites is 2. The third-order valence-corrected chi connectivity index (χ3v) is 3.21. The number of pyridine rings is 1. The van der Waals surface area contributed by atoms with Gasteiger partial charge in [-0.3, -0.25) is 9.59 Å². The Hall–Kier alpha value is -2.56. The van der Waals surface area contributed by atoms with Gasteiger partial charge in [-0.05, 0) is 25.5 Å². The largest absolute Gasteiger partial charge is 0.397 e. The number of nitrogens with zero attached hydrogens (tertiary/aromatic N) is 1. The summed E-state index contributed by atoms with van der Waals surface area (Å²) in [6.45, 7) is 4.24. The Morgan fingerprint density at radius 2 is 2.05 bits per heavy atom. The Balaban J connectivity index is 2.45. The van der Waals surface area contributed by atoms with Crippen LogP contribution in [0.15, 0.2) is 41.3 Å². The van der Waals surface area contributed by atoms with Crippen molar-refractivity contribution in [2.45, 2.75) is 20.3 Å². The van der Waals surface area contributed by atoms with Crippen molar-refractivity contribution in [2.24, 2.45) is 0 Å². The molecule has 1 aromatic heterocycles. The van der Waals surface area contributed by atoms with Gasteiger partial charge >= 0.3 is 0 Å². The van der Waals surface area contributed by atoms with Crippen LogP contribution in [0.1, 0.15) is 29.4 Å². The fourth-order valence-electron chi connectivity index (χ4n) is 2.17. The average molecular weight is 285 g/mol. The number of hydrogen-bond donors (Lipinski definition) is 2. The van der Waals surface area contributed by atoms with E-state index in [1.54, 1.807) is 24.0 Å². The fourth-order valence-corrected chi connectivity index (χ4v) is 2.17. The van der Waals surface area contributed by atoms with Gasteiger partial charge in [0.1, 0.15) is 5.56 Å². The molecule has 0 aliphatic rings. The maximum atomic E-state index is 12.7. The van der Waals surface area contributed by atoms with Crippen molar-refractivity contribution in [3.8, 4) is 0 Å². The summed E-state index contributed by atoms with van der Waals surface area (Å²) in [6, 6.07) is 8.58. The van der Waals surface area contributed by atoms with Crippen molar-refractivity contribution in [2.75, 3.05) is 17.2 Å². The molecule has 0 saturated heterocycles. The second-order valence-electron chi connectivity index (χ2n) is 4.91. The Morgan fingerprint density at radius 3 is 2.67 bits per heavy atom. The van der Waals surface area contributed by atoms with Crippen molar-refractivity contribution in [1.29, 1.82) is 0 Å². The van der Waals surface area contributed by atoms with Gasteiger partial charge in [0, 0.05) is 24.5 Å². The van der Waals surface area contributed by atoms with Gasteiger partial charge in [0.25, 0.3) is 5.91 Å². The Bertz CT molecular complexity index is 707. The molecule has 0 radical (unpaired) electrons. The van der Waals surface area contributed by atoms with E-state index in [1.165, 1.54) is 12.3 Å². The highest BCUT2D eigenvalue weighted by molar-refractivity contribution is 6.07. The average Bonchev–Trinajstić information content (AvgIpc) is 2.45. The summed E-state index contributed by atoms with van der Waals surface area (Å²) in [6.07, 6.45) is 2.23. The molecule has 3 N–H and O–H groups in total. The topological polar surface area (TPSA) is 79.2 Å². The van der Waals surface area contributed by atoms with Gasteiger partial charge in [0.2, 0.25) is 0 Å². The van der Waals surface area contributed by atoms with Crippen LogP contribution in [0.4, 0.5) is 11.4 Å². The molecule has 0 fully saturated rings. The predicted molar refractivity (Wildman–Crippen MR) is 84.6 cm³/mol. The van der Waals surface area contributed by atoms with Crippen molar-refractivity contribution in [3.63, 3.8) is 0 Å². The second kappa shape index (κ2) is 6.26. The zero-order valence-corrected chi connectivity index (χ0v) is 12.2. The first-order chi connectivity index (χ1) is 10.0. The molecule has 0 aliphatic heterocycles. The quantitative estimate of drug-likeness (QED) is 0.846. The number of carbonyl (C=O) groups excluding carboxylic acids is 1.